The zero-order chi connectivity index (χ0) is 15.4. The monoisotopic (exact) mass is 299 g/mol. The number of aryl methyl sites for hydroxylation is 3. The highest BCUT2D eigenvalue weighted by Gasteiger charge is 2.05. The Morgan fingerprint density at radius 3 is 2.43 bits per heavy atom. The maximum Gasteiger partial charge on any atom is 0.248 e. The molecule has 21 heavy (non-hydrogen) atoms. The summed E-state index contributed by atoms with van der Waals surface area (Å²) in [6.45, 7) is 5.94. The van der Waals surface area contributed by atoms with Gasteiger partial charge in [-0.15, -0.1) is 0 Å². The fourth-order valence-corrected chi connectivity index (χ4v) is 2.31. The molecule has 0 heterocycles. The Balaban J connectivity index is 2.15. The lowest BCUT2D eigenvalue weighted by molar-refractivity contribution is -0.111. The van der Waals surface area contributed by atoms with Gasteiger partial charge in [-0.1, -0.05) is 47.5 Å². The molecule has 0 aromatic heterocycles. The quantitative estimate of drug-likeness (QED) is 0.801. The van der Waals surface area contributed by atoms with Crippen LogP contribution in [0.5, 0.6) is 0 Å². The standard InChI is InChI=1S/C18H18ClNO/c1-12-7-9-16(19)15(11-12)8-10-17(21)20-18-13(2)5-4-6-14(18)3/h4-11H,1-3H3,(H,20,21). The number of rotatable bonds is 3. The first-order chi connectivity index (χ1) is 9.97. The molecule has 1 amide bonds. The van der Waals surface area contributed by atoms with E-state index in [1.807, 2.05) is 57.2 Å². The number of halogens is 1. The number of carbonyl (C=O) groups is 1. The third-order valence-electron chi connectivity index (χ3n) is 3.30. The second-order valence-corrected chi connectivity index (χ2v) is 5.52. The van der Waals surface area contributed by atoms with Gasteiger partial charge in [0.1, 0.15) is 0 Å². The fourth-order valence-electron chi connectivity index (χ4n) is 2.13. The number of hydrogen-bond donors (Lipinski definition) is 1. The topological polar surface area (TPSA) is 29.1 Å². The summed E-state index contributed by atoms with van der Waals surface area (Å²) in [5.41, 5.74) is 4.90. The van der Waals surface area contributed by atoms with E-state index in [0.29, 0.717) is 5.02 Å². The third kappa shape index (κ3) is 3.96. The van der Waals surface area contributed by atoms with Gasteiger partial charge >= 0.3 is 0 Å². The van der Waals surface area contributed by atoms with Crippen molar-refractivity contribution in [2.24, 2.45) is 0 Å². The predicted molar refractivity (Wildman–Crippen MR) is 89.8 cm³/mol. The summed E-state index contributed by atoms with van der Waals surface area (Å²) in [6, 6.07) is 11.7. The predicted octanol–water partition coefficient (Wildman–Crippen LogP) is 4.92. The Morgan fingerprint density at radius 1 is 1.10 bits per heavy atom. The Labute approximate surface area is 130 Å². The number of hydrogen-bond acceptors (Lipinski definition) is 1. The molecule has 0 bridgehead atoms. The molecule has 1 N–H and O–H groups in total. The van der Waals surface area contributed by atoms with Crippen LogP contribution in [0, 0.1) is 20.8 Å². The van der Waals surface area contributed by atoms with Crippen LogP contribution in [0.2, 0.25) is 5.02 Å². The highest BCUT2D eigenvalue weighted by Crippen LogP contribution is 2.21. The highest BCUT2D eigenvalue weighted by molar-refractivity contribution is 6.32. The molecule has 2 aromatic carbocycles. The van der Waals surface area contributed by atoms with Gasteiger partial charge in [0.05, 0.1) is 0 Å². The number of anilines is 1. The molecule has 108 valence electrons. The summed E-state index contributed by atoms with van der Waals surface area (Å²) in [5.74, 6) is -0.162. The summed E-state index contributed by atoms with van der Waals surface area (Å²) in [7, 11) is 0. The van der Waals surface area contributed by atoms with E-state index in [9.17, 15) is 4.79 Å². The van der Waals surface area contributed by atoms with Gasteiger partial charge in [0.15, 0.2) is 0 Å². The van der Waals surface area contributed by atoms with Crippen molar-refractivity contribution in [3.63, 3.8) is 0 Å². The molecule has 0 saturated heterocycles. The number of nitrogens with one attached hydrogen (secondary N) is 1. The average molecular weight is 300 g/mol. The molecule has 0 aliphatic heterocycles. The van der Waals surface area contributed by atoms with Crippen LogP contribution in [-0.2, 0) is 4.79 Å². The molecule has 2 rings (SSSR count). The molecule has 0 fully saturated rings. The molecular weight excluding hydrogens is 282 g/mol. The van der Waals surface area contributed by atoms with Crippen molar-refractivity contribution in [3.8, 4) is 0 Å². The molecule has 0 radical (unpaired) electrons. The lowest BCUT2D eigenvalue weighted by atomic mass is 10.1. The molecule has 0 saturated carbocycles. The van der Waals surface area contributed by atoms with E-state index >= 15 is 0 Å². The number of carbonyl (C=O) groups excluding carboxylic acids is 1. The summed E-state index contributed by atoms with van der Waals surface area (Å²) in [5, 5.41) is 3.55. The second kappa shape index (κ2) is 6.59. The van der Waals surface area contributed by atoms with Crippen LogP contribution >= 0.6 is 11.6 Å². The maximum absolute atomic E-state index is 12.0. The van der Waals surface area contributed by atoms with Gasteiger partial charge in [0, 0.05) is 16.8 Å². The van der Waals surface area contributed by atoms with E-state index in [1.165, 1.54) is 6.08 Å². The Kier molecular flexibility index (Phi) is 4.81. The number of benzene rings is 2. The zero-order valence-electron chi connectivity index (χ0n) is 12.4. The Bertz CT molecular complexity index is 684. The van der Waals surface area contributed by atoms with Crippen LogP contribution in [-0.4, -0.2) is 5.91 Å². The van der Waals surface area contributed by atoms with Crippen molar-refractivity contribution in [1.82, 2.24) is 0 Å². The number of amides is 1. The smallest absolute Gasteiger partial charge is 0.248 e. The molecule has 0 atom stereocenters. The highest BCUT2D eigenvalue weighted by atomic mass is 35.5. The van der Waals surface area contributed by atoms with Gasteiger partial charge in [0.2, 0.25) is 5.91 Å². The summed E-state index contributed by atoms with van der Waals surface area (Å²) >= 11 is 6.11. The second-order valence-electron chi connectivity index (χ2n) is 5.11. The molecule has 3 heteroatoms. The summed E-state index contributed by atoms with van der Waals surface area (Å²) in [6.07, 6.45) is 3.24. The normalized spacial score (nSPS) is 10.9. The van der Waals surface area contributed by atoms with Crippen molar-refractivity contribution in [3.05, 3.63) is 69.8 Å². The van der Waals surface area contributed by atoms with Crippen LogP contribution in [0.1, 0.15) is 22.3 Å². The van der Waals surface area contributed by atoms with E-state index < -0.39 is 0 Å². The van der Waals surface area contributed by atoms with Crippen LogP contribution < -0.4 is 5.32 Å². The van der Waals surface area contributed by atoms with E-state index in [-0.39, 0.29) is 5.91 Å². The van der Waals surface area contributed by atoms with Gasteiger partial charge in [-0.05, 0) is 49.6 Å². The lowest BCUT2D eigenvalue weighted by Crippen LogP contribution is -2.10. The average Bonchev–Trinajstić information content (AvgIpc) is 2.44. The minimum atomic E-state index is -0.162. The van der Waals surface area contributed by atoms with Gasteiger partial charge < -0.3 is 5.32 Å². The Morgan fingerprint density at radius 2 is 1.76 bits per heavy atom. The minimum absolute atomic E-state index is 0.162. The SMILES string of the molecule is Cc1ccc(Cl)c(C=CC(=O)Nc2c(C)cccc2C)c1. The third-order valence-corrected chi connectivity index (χ3v) is 3.64. The fraction of sp³-hybridized carbons (Fsp3) is 0.167. The molecule has 2 aromatic rings. The lowest BCUT2D eigenvalue weighted by Gasteiger charge is -2.09. The summed E-state index contributed by atoms with van der Waals surface area (Å²) in [4.78, 5) is 12.0. The van der Waals surface area contributed by atoms with Crippen LogP contribution in [0.4, 0.5) is 5.69 Å². The largest absolute Gasteiger partial charge is 0.322 e. The van der Waals surface area contributed by atoms with Gasteiger partial charge in [-0.2, -0.15) is 0 Å². The first-order valence-electron chi connectivity index (χ1n) is 6.79. The van der Waals surface area contributed by atoms with Crippen molar-refractivity contribution < 1.29 is 4.79 Å². The molecule has 0 aliphatic carbocycles. The molecule has 0 spiro atoms. The molecule has 0 aliphatic rings. The first-order valence-corrected chi connectivity index (χ1v) is 7.16. The van der Waals surface area contributed by atoms with Crippen molar-refractivity contribution in [1.29, 1.82) is 0 Å². The van der Waals surface area contributed by atoms with E-state index in [2.05, 4.69) is 5.32 Å². The first kappa shape index (κ1) is 15.3. The van der Waals surface area contributed by atoms with Crippen LogP contribution in [0.15, 0.2) is 42.5 Å². The zero-order valence-corrected chi connectivity index (χ0v) is 13.2. The van der Waals surface area contributed by atoms with Crippen LogP contribution in [0.25, 0.3) is 6.08 Å². The van der Waals surface area contributed by atoms with Gasteiger partial charge in [0.25, 0.3) is 0 Å². The summed E-state index contributed by atoms with van der Waals surface area (Å²) < 4.78 is 0. The van der Waals surface area contributed by atoms with Gasteiger partial charge in [-0.3, -0.25) is 4.79 Å². The molecular formula is C18H18ClNO. The maximum atomic E-state index is 12.0. The molecule has 0 unspecified atom stereocenters. The van der Waals surface area contributed by atoms with Crippen molar-refractivity contribution in [2.45, 2.75) is 20.8 Å². The van der Waals surface area contributed by atoms with Crippen molar-refractivity contribution >= 4 is 29.3 Å². The molecule has 2 nitrogen and oxygen atoms in total. The van der Waals surface area contributed by atoms with Gasteiger partial charge in [-0.25, -0.2) is 0 Å². The van der Waals surface area contributed by atoms with E-state index in [1.54, 1.807) is 6.08 Å². The van der Waals surface area contributed by atoms with E-state index in [4.69, 9.17) is 11.6 Å². The minimum Gasteiger partial charge on any atom is -0.322 e. The van der Waals surface area contributed by atoms with E-state index in [0.717, 1.165) is 27.9 Å². The Hall–Kier alpha value is -2.06. The van der Waals surface area contributed by atoms with Crippen LogP contribution in [0.3, 0.4) is 0 Å². The number of para-hydroxylation sites is 1. The van der Waals surface area contributed by atoms with Crippen molar-refractivity contribution in [2.75, 3.05) is 5.32 Å².